The van der Waals surface area contributed by atoms with E-state index in [1.165, 1.54) is 19.2 Å². The molecular weight excluding hydrogens is 362 g/mol. The fourth-order valence-corrected chi connectivity index (χ4v) is 3.44. The van der Waals surface area contributed by atoms with Crippen LogP contribution in [0.1, 0.15) is 61.9 Å². The number of hydrogen-bond acceptors (Lipinski definition) is 5. The van der Waals surface area contributed by atoms with Gasteiger partial charge in [-0.1, -0.05) is 43.7 Å². The van der Waals surface area contributed by atoms with Gasteiger partial charge in [-0.25, -0.2) is 9.97 Å². The van der Waals surface area contributed by atoms with Crippen LogP contribution in [0.15, 0.2) is 36.8 Å². The molecule has 1 saturated carbocycles. The highest BCUT2D eigenvalue weighted by Crippen LogP contribution is 2.25. The van der Waals surface area contributed by atoms with E-state index in [0.717, 1.165) is 53.5 Å². The quantitative estimate of drug-likeness (QED) is 0.328. The van der Waals surface area contributed by atoms with Gasteiger partial charge in [0.05, 0.1) is 10.9 Å². The molecule has 1 aliphatic rings. The number of aryl methyl sites for hydroxylation is 1. The molecule has 0 spiro atoms. The van der Waals surface area contributed by atoms with Crippen molar-refractivity contribution >= 4 is 16.9 Å². The Morgan fingerprint density at radius 2 is 2.14 bits per heavy atom. The minimum atomic E-state index is -0.659. The van der Waals surface area contributed by atoms with E-state index >= 15 is 0 Å². The molecule has 0 amide bonds. The Kier molecular flexibility index (Phi) is 5.79. The molecule has 0 bridgehead atoms. The first-order valence-corrected chi connectivity index (χ1v) is 10.3. The van der Waals surface area contributed by atoms with Crippen LogP contribution >= 0.6 is 0 Å². The molecule has 1 aliphatic carbocycles. The number of nitrogens with one attached hydrogen (secondary N) is 1. The van der Waals surface area contributed by atoms with Gasteiger partial charge in [0.25, 0.3) is 0 Å². The van der Waals surface area contributed by atoms with Crippen molar-refractivity contribution in [3.8, 4) is 11.8 Å². The molecule has 1 unspecified atom stereocenters. The molecule has 150 valence electrons. The first-order chi connectivity index (χ1) is 14.2. The summed E-state index contributed by atoms with van der Waals surface area (Å²) in [5.74, 6) is 6.90. The van der Waals surface area contributed by atoms with Crippen LogP contribution in [0.25, 0.3) is 11.0 Å². The largest absolute Gasteiger partial charge is 0.383 e. The third-order valence-electron chi connectivity index (χ3n) is 5.20. The minimum absolute atomic E-state index is 0.432. The molecule has 4 rings (SSSR count). The summed E-state index contributed by atoms with van der Waals surface area (Å²) in [7, 11) is 0. The third-order valence-corrected chi connectivity index (χ3v) is 5.20. The maximum atomic E-state index is 10.3. The van der Waals surface area contributed by atoms with Crippen molar-refractivity contribution in [2.45, 2.75) is 57.8 Å². The number of unbranched alkanes of at least 4 members (excludes halogenated alkanes) is 2. The molecular formula is C23H27N5O. The van der Waals surface area contributed by atoms with Crippen LogP contribution in [0.4, 0.5) is 5.82 Å². The van der Waals surface area contributed by atoms with Crippen LogP contribution in [-0.4, -0.2) is 25.7 Å². The first kappa shape index (κ1) is 19.4. The molecule has 1 fully saturated rings. The molecule has 2 aromatic heterocycles. The van der Waals surface area contributed by atoms with Crippen molar-refractivity contribution in [3.05, 3.63) is 53.5 Å². The Morgan fingerprint density at radius 1 is 1.28 bits per heavy atom. The highest BCUT2D eigenvalue weighted by Gasteiger charge is 2.24. The van der Waals surface area contributed by atoms with E-state index in [1.807, 2.05) is 30.5 Å². The summed E-state index contributed by atoms with van der Waals surface area (Å²) < 4.78 is 2.12. The number of fused-ring (bicyclic) bond motifs is 1. The zero-order chi connectivity index (χ0) is 20.2. The average Bonchev–Trinajstić information content (AvgIpc) is 3.47. The SMILES string of the molecule is CCCCCn1cc(C#Cc2cccc(C(O)NC3CC3)c2)c2c(N)ncnc21. The van der Waals surface area contributed by atoms with Gasteiger partial charge in [0, 0.05) is 24.3 Å². The van der Waals surface area contributed by atoms with E-state index < -0.39 is 6.23 Å². The van der Waals surface area contributed by atoms with Crippen LogP contribution in [0.2, 0.25) is 0 Å². The lowest BCUT2D eigenvalue weighted by molar-refractivity contribution is 0.137. The second-order valence-electron chi connectivity index (χ2n) is 7.62. The Balaban J connectivity index is 1.62. The average molecular weight is 390 g/mol. The van der Waals surface area contributed by atoms with E-state index in [9.17, 15) is 5.11 Å². The Hall–Kier alpha value is -2.88. The predicted octanol–water partition coefficient (Wildman–Crippen LogP) is 3.35. The second-order valence-corrected chi connectivity index (χ2v) is 7.62. The number of rotatable bonds is 7. The van der Waals surface area contributed by atoms with Gasteiger partial charge in [-0.3, -0.25) is 5.32 Å². The summed E-state index contributed by atoms with van der Waals surface area (Å²) in [6, 6.07) is 8.13. The number of aliphatic hydroxyl groups excluding tert-OH is 1. The summed E-state index contributed by atoms with van der Waals surface area (Å²) in [5.41, 5.74) is 9.47. The summed E-state index contributed by atoms with van der Waals surface area (Å²) >= 11 is 0. The predicted molar refractivity (Wildman–Crippen MR) is 115 cm³/mol. The van der Waals surface area contributed by atoms with Crippen molar-refractivity contribution in [3.63, 3.8) is 0 Å². The molecule has 6 heteroatoms. The van der Waals surface area contributed by atoms with E-state index in [4.69, 9.17) is 5.73 Å². The van der Waals surface area contributed by atoms with Gasteiger partial charge in [0.2, 0.25) is 0 Å². The van der Waals surface area contributed by atoms with Crippen LogP contribution in [0, 0.1) is 11.8 Å². The normalized spacial score (nSPS) is 14.6. The summed E-state index contributed by atoms with van der Waals surface area (Å²) in [6.45, 7) is 3.08. The second kappa shape index (κ2) is 8.64. The summed E-state index contributed by atoms with van der Waals surface area (Å²) in [5, 5.41) is 14.3. The van der Waals surface area contributed by atoms with Crippen LogP contribution < -0.4 is 11.1 Å². The van der Waals surface area contributed by atoms with Gasteiger partial charge >= 0.3 is 0 Å². The number of nitrogen functional groups attached to an aromatic ring is 1. The van der Waals surface area contributed by atoms with Gasteiger partial charge in [0.1, 0.15) is 24.0 Å². The monoisotopic (exact) mass is 389 g/mol. The molecule has 2 heterocycles. The Labute approximate surface area is 171 Å². The van der Waals surface area contributed by atoms with Gasteiger partial charge in [-0.2, -0.15) is 0 Å². The lowest BCUT2D eigenvalue weighted by Gasteiger charge is -2.12. The fraction of sp³-hybridized carbons (Fsp3) is 0.391. The minimum Gasteiger partial charge on any atom is -0.383 e. The van der Waals surface area contributed by atoms with Crippen LogP contribution in [-0.2, 0) is 6.54 Å². The van der Waals surface area contributed by atoms with E-state index in [2.05, 4.69) is 38.6 Å². The summed E-state index contributed by atoms with van der Waals surface area (Å²) in [6.07, 6.45) is 8.55. The molecule has 0 saturated heterocycles. The third kappa shape index (κ3) is 4.58. The Bertz CT molecular complexity index is 1060. The van der Waals surface area contributed by atoms with Gasteiger partial charge in [-0.15, -0.1) is 0 Å². The van der Waals surface area contributed by atoms with Crippen molar-refractivity contribution in [1.29, 1.82) is 0 Å². The maximum Gasteiger partial charge on any atom is 0.146 e. The lowest BCUT2D eigenvalue weighted by atomic mass is 10.1. The molecule has 1 atom stereocenters. The highest BCUT2D eigenvalue weighted by atomic mass is 16.3. The van der Waals surface area contributed by atoms with E-state index in [-0.39, 0.29) is 0 Å². The van der Waals surface area contributed by atoms with Gasteiger partial charge in [-0.05, 0) is 37.0 Å². The number of nitrogens with two attached hydrogens (primary N) is 1. The number of benzene rings is 1. The molecule has 0 aliphatic heterocycles. The molecule has 0 radical (unpaired) electrons. The number of nitrogens with zero attached hydrogens (tertiary/aromatic N) is 3. The van der Waals surface area contributed by atoms with Crippen LogP contribution in [0.5, 0.6) is 0 Å². The van der Waals surface area contributed by atoms with Crippen molar-refractivity contribution in [2.75, 3.05) is 5.73 Å². The smallest absolute Gasteiger partial charge is 0.146 e. The number of anilines is 1. The summed E-state index contributed by atoms with van der Waals surface area (Å²) in [4.78, 5) is 8.58. The molecule has 3 aromatic rings. The molecule has 29 heavy (non-hydrogen) atoms. The lowest BCUT2D eigenvalue weighted by Crippen LogP contribution is -2.22. The zero-order valence-electron chi connectivity index (χ0n) is 16.7. The zero-order valence-corrected chi connectivity index (χ0v) is 16.7. The molecule has 1 aromatic carbocycles. The Morgan fingerprint density at radius 3 is 2.93 bits per heavy atom. The van der Waals surface area contributed by atoms with Gasteiger partial charge in [0.15, 0.2) is 0 Å². The topological polar surface area (TPSA) is 89.0 Å². The standard InChI is InChI=1S/C23H27N5O/c1-2-3-4-12-28-14-18(20-21(24)25-15-26-22(20)28)9-8-16-6-5-7-17(13-16)23(29)27-19-10-11-19/h5-7,13-15,19,23,27,29H,2-4,10-12H2,1H3,(H2,24,25,26). The first-order valence-electron chi connectivity index (χ1n) is 10.3. The number of aromatic nitrogens is 3. The van der Waals surface area contributed by atoms with Gasteiger partial charge < -0.3 is 15.4 Å². The maximum absolute atomic E-state index is 10.3. The number of aliphatic hydroxyl groups is 1. The van der Waals surface area contributed by atoms with Crippen molar-refractivity contribution < 1.29 is 5.11 Å². The van der Waals surface area contributed by atoms with E-state index in [0.29, 0.717) is 11.9 Å². The highest BCUT2D eigenvalue weighted by molar-refractivity contribution is 5.92. The molecule has 4 N–H and O–H groups in total. The van der Waals surface area contributed by atoms with Crippen molar-refractivity contribution in [1.82, 2.24) is 19.9 Å². The van der Waals surface area contributed by atoms with Crippen molar-refractivity contribution in [2.24, 2.45) is 0 Å². The molecule has 6 nitrogen and oxygen atoms in total. The van der Waals surface area contributed by atoms with Crippen LogP contribution in [0.3, 0.4) is 0 Å². The fourth-order valence-electron chi connectivity index (χ4n) is 3.44. The van der Waals surface area contributed by atoms with E-state index in [1.54, 1.807) is 0 Å². The number of hydrogen-bond donors (Lipinski definition) is 3.